The van der Waals surface area contributed by atoms with E-state index in [1.165, 1.54) is 17.3 Å². The second kappa shape index (κ2) is 14.4. The Morgan fingerprint density at radius 2 is 2.10 bits per heavy atom. The number of allylic oxidation sites excluding steroid dienone is 1. The Balaban J connectivity index is 1.30. The number of anilines is 1. The first-order valence-electron chi connectivity index (χ1n) is 17.4. The fourth-order valence-corrected chi connectivity index (χ4v) is 11.2. The molecule has 13 heteroatoms. The van der Waals surface area contributed by atoms with Gasteiger partial charge in [0.1, 0.15) is 22.3 Å². The molecule has 3 aliphatic heterocycles. The molecule has 0 saturated heterocycles. The molecule has 50 heavy (non-hydrogen) atoms. The van der Waals surface area contributed by atoms with Crippen LogP contribution in [0, 0.1) is 17.8 Å². The molecule has 266 valence electrons. The van der Waals surface area contributed by atoms with Crippen molar-refractivity contribution >= 4 is 50.8 Å². The van der Waals surface area contributed by atoms with Gasteiger partial charge < -0.3 is 14.4 Å². The molecule has 2 aromatic carbocycles. The molecular weight excluding hydrogens is 694 g/mol. The van der Waals surface area contributed by atoms with E-state index >= 15 is 0 Å². The van der Waals surface area contributed by atoms with Crippen molar-refractivity contribution in [2.75, 3.05) is 43.2 Å². The lowest BCUT2D eigenvalue weighted by molar-refractivity contribution is 0.0134. The number of amides is 2. The van der Waals surface area contributed by atoms with Gasteiger partial charge in [-0.1, -0.05) is 36.7 Å². The van der Waals surface area contributed by atoms with Gasteiger partial charge in [0, 0.05) is 43.5 Å². The lowest BCUT2D eigenvalue weighted by Gasteiger charge is -2.45. The fourth-order valence-electron chi connectivity index (χ4n) is 7.69. The summed E-state index contributed by atoms with van der Waals surface area (Å²) in [6.07, 6.45) is 10.8. The Labute approximate surface area is 303 Å². The summed E-state index contributed by atoms with van der Waals surface area (Å²) < 4.78 is 35.3. The van der Waals surface area contributed by atoms with Crippen molar-refractivity contribution in [3.05, 3.63) is 88.2 Å². The van der Waals surface area contributed by atoms with Crippen LogP contribution in [-0.2, 0) is 32.4 Å². The Bertz CT molecular complexity index is 1940. The summed E-state index contributed by atoms with van der Waals surface area (Å²) in [4.78, 5) is 29.6. The van der Waals surface area contributed by atoms with Gasteiger partial charge in [0.25, 0.3) is 11.8 Å². The monoisotopic (exact) mass is 737 g/mol. The highest BCUT2D eigenvalue weighted by atomic mass is 35.5. The zero-order valence-electron chi connectivity index (χ0n) is 28.7. The van der Waals surface area contributed by atoms with E-state index in [9.17, 15) is 13.8 Å². The van der Waals surface area contributed by atoms with Crippen LogP contribution in [-0.4, -0.2) is 70.2 Å². The number of nitrogens with one attached hydrogen (secondary N) is 1. The summed E-state index contributed by atoms with van der Waals surface area (Å²) >= 11 is 8.36. The van der Waals surface area contributed by atoms with Gasteiger partial charge in [-0.3, -0.25) is 19.0 Å². The molecule has 10 nitrogen and oxygen atoms in total. The van der Waals surface area contributed by atoms with Crippen LogP contribution in [0.2, 0.25) is 5.02 Å². The van der Waals surface area contributed by atoms with Crippen LogP contribution >= 0.6 is 23.4 Å². The zero-order valence-corrected chi connectivity index (χ0v) is 31.1. The Morgan fingerprint density at radius 3 is 2.86 bits per heavy atom. The van der Waals surface area contributed by atoms with Crippen molar-refractivity contribution in [3.63, 3.8) is 0 Å². The number of rotatable bonds is 4. The summed E-state index contributed by atoms with van der Waals surface area (Å²) in [7, 11) is -1.76. The standard InChI is InChI=1S/C37H44ClN5O5S2/c1-4-43-20-28(18-39-43)36(45)41-50(46)21-24(2)6-5-7-33(47-3)30-11-8-27(30)19-42-22-37(31-12-10-29(38)16-25(31)14-15-49-37)23-48-34-13-9-26(17-32(34)42)35(44)40-50/h5,7,9-10,12-13,16-18,20,24,27,30,33H,4,6,8,11,14-15,19,21-23H2,1-3H3,(H,40,41,44,45,46)/b7-5+/t24-,27-,30+,33-,37+,50-/m0/s1. The topological polar surface area (TPSA) is 115 Å². The summed E-state index contributed by atoms with van der Waals surface area (Å²) in [6, 6.07) is 11.5. The van der Waals surface area contributed by atoms with Gasteiger partial charge >= 0.3 is 0 Å². The third kappa shape index (κ3) is 7.09. The predicted molar refractivity (Wildman–Crippen MR) is 199 cm³/mol. The average Bonchev–Trinajstić information content (AvgIpc) is 3.52. The number of carbonyl (C=O) groups excluding carboxylic acids is 2. The van der Waals surface area contributed by atoms with Gasteiger partial charge in [0.2, 0.25) is 0 Å². The molecule has 1 N–H and O–H groups in total. The number of ether oxygens (including phenoxy) is 2. The maximum Gasteiger partial charge on any atom is 0.286 e. The molecule has 4 aliphatic rings. The van der Waals surface area contributed by atoms with E-state index in [1.807, 2.05) is 43.8 Å². The number of hydrogen-bond acceptors (Lipinski definition) is 8. The first-order valence-corrected chi connectivity index (χ1v) is 20.4. The number of methoxy groups -OCH3 is 1. The second-order valence-electron chi connectivity index (χ2n) is 13.9. The van der Waals surface area contributed by atoms with Gasteiger partial charge in [-0.15, -0.1) is 16.1 Å². The molecule has 2 amide bonds. The van der Waals surface area contributed by atoms with Crippen LogP contribution in [0.4, 0.5) is 5.69 Å². The van der Waals surface area contributed by atoms with Gasteiger partial charge in [0.05, 0.1) is 34.1 Å². The number of halogens is 1. The summed E-state index contributed by atoms with van der Waals surface area (Å²) in [5.41, 5.74) is 3.83. The van der Waals surface area contributed by atoms with Crippen molar-refractivity contribution < 1.29 is 23.3 Å². The first-order chi connectivity index (χ1) is 24.1. The number of benzene rings is 2. The third-order valence-corrected chi connectivity index (χ3v) is 14.1. The molecule has 1 fully saturated rings. The Hall–Kier alpha value is -3.32. The van der Waals surface area contributed by atoms with Gasteiger partial charge in [-0.25, -0.2) is 4.21 Å². The largest absolute Gasteiger partial charge is 0.490 e. The van der Waals surface area contributed by atoms with E-state index in [1.54, 1.807) is 24.1 Å². The Kier molecular flexibility index (Phi) is 10.1. The predicted octanol–water partition coefficient (Wildman–Crippen LogP) is 6.53. The normalized spacial score (nSPS) is 30.2. The first kappa shape index (κ1) is 35.1. The van der Waals surface area contributed by atoms with E-state index in [4.69, 9.17) is 21.1 Å². The van der Waals surface area contributed by atoms with E-state index < -0.39 is 21.7 Å². The number of thioether (sulfide) groups is 1. The summed E-state index contributed by atoms with van der Waals surface area (Å²) in [6.45, 7) is 6.36. The Morgan fingerprint density at radius 1 is 1.24 bits per heavy atom. The molecule has 1 spiro atoms. The lowest BCUT2D eigenvalue weighted by Crippen LogP contribution is -2.48. The molecule has 2 bridgehead atoms. The molecule has 0 unspecified atom stereocenters. The molecule has 3 aromatic rings. The minimum Gasteiger partial charge on any atom is -0.490 e. The maximum atomic E-state index is 14.5. The SMILES string of the molecule is CCn1cc(C(=O)N[S@@]2(=O)=NC(=O)c3ccc4c(c3)N(C[C@@H]3CC[C@H]3[C@@H](OC)/C=C/C[C@H](C)C2)C[C@]2(CO4)SCCc3cc(Cl)ccc32)cn1. The summed E-state index contributed by atoms with van der Waals surface area (Å²) in [5, 5.41) is 4.91. The number of fused-ring (bicyclic) bond motifs is 4. The molecule has 1 saturated carbocycles. The van der Waals surface area contributed by atoms with Crippen molar-refractivity contribution in [2.45, 2.75) is 56.9 Å². The van der Waals surface area contributed by atoms with Crippen LogP contribution in [0.25, 0.3) is 0 Å². The lowest BCUT2D eigenvalue weighted by atomic mass is 9.70. The zero-order chi connectivity index (χ0) is 35.0. The number of aryl methyl sites for hydroxylation is 2. The second-order valence-corrected chi connectivity index (χ2v) is 17.9. The quantitative estimate of drug-likeness (QED) is 0.301. The van der Waals surface area contributed by atoms with Gasteiger partial charge in [-0.2, -0.15) is 5.10 Å². The molecule has 7 rings (SSSR count). The van der Waals surface area contributed by atoms with E-state index in [0.29, 0.717) is 43.7 Å². The van der Waals surface area contributed by atoms with E-state index in [2.05, 4.69) is 43.4 Å². The maximum absolute atomic E-state index is 14.5. The summed E-state index contributed by atoms with van der Waals surface area (Å²) in [5.74, 6) is 0.978. The number of aromatic nitrogens is 2. The van der Waals surface area contributed by atoms with Crippen molar-refractivity contribution in [1.29, 1.82) is 0 Å². The molecule has 1 aromatic heterocycles. The molecule has 6 atom stereocenters. The van der Waals surface area contributed by atoms with Crippen LogP contribution in [0.3, 0.4) is 0 Å². The van der Waals surface area contributed by atoms with Gasteiger partial charge in [0.15, 0.2) is 0 Å². The van der Waals surface area contributed by atoms with Crippen LogP contribution in [0.5, 0.6) is 5.75 Å². The smallest absolute Gasteiger partial charge is 0.286 e. The minimum atomic E-state index is -3.52. The highest BCUT2D eigenvalue weighted by Gasteiger charge is 2.45. The van der Waals surface area contributed by atoms with Crippen molar-refractivity contribution in [1.82, 2.24) is 14.5 Å². The van der Waals surface area contributed by atoms with Crippen LogP contribution in [0.1, 0.15) is 65.0 Å². The molecular formula is C37H44ClN5O5S2. The minimum absolute atomic E-state index is 0.00375. The highest BCUT2D eigenvalue weighted by Crippen LogP contribution is 2.49. The van der Waals surface area contributed by atoms with E-state index in [0.717, 1.165) is 42.3 Å². The fraction of sp³-hybridized carbons (Fsp3) is 0.486. The number of hydrogen-bond donors (Lipinski definition) is 1. The van der Waals surface area contributed by atoms with Crippen molar-refractivity contribution in [3.8, 4) is 5.75 Å². The third-order valence-electron chi connectivity index (χ3n) is 10.5. The van der Waals surface area contributed by atoms with Crippen LogP contribution in [0.15, 0.2) is 65.3 Å². The number of nitrogens with zero attached hydrogens (tertiary/aromatic N) is 4. The van der Waals surface area contributed by atoms with E-state index in [-0.39, 0.29) is 33.6 Å². The molecule has 1 aliphatic carbocycles. The highest BCUT2D eigenvalue weighted by molar-refractivity contribution is 8.00. The molecule has 4 heterocycles. The average molecular weight is 738 g/mol. The number of carbonyl (C=O) groups is 2. The van der Waals surface area contributed by atoms with Crippen LogP contribution < -0.4 is 14.4 Å². The van der Waals surface area contributed by atoms with Crippen molar-refractivity contribution in [2.24, 2.45) is 22.1 Å². The molecule has 0 radical (unpaired) electrons. The van der Waals surface area contributed by atoms with Gasteiger partial charge in [-0.05, 0) is 97.6 Å².